The van der Waals surface area contributed by atoms with E-state index in [4.69, 9.17) is 27.0 Å². The third-order valence-electron chi connectivity index (χ3n) is 3.23. The number of halogens is 1. The van der Waals surface area contributed by atoms with Crippen LogP contribution in [-0.4, -0.2) is 13.5 Å². The number of amides is 1. The highest BCUT2D eigenvalue weighted by Gasteiger charge is 2.11. The largest absolute Gasteiger partial charge is 0.486 e. The van der Waals surface area contributed by atoms with Gasteiger partial charge in [0, 0.05) is 17.6 Å². The van der Waals surface area contributed by atoms with Crippen molar-refractivity contribution in [2.45, 2.75) is 20.0 Å². The summed E-state index contributed by atoms with van der Waals surface area (Å²) in [6, 6.07) is 13.7. The summed E-state index contributed by atoms with van der Waals surface area (Å²) in [5.41, 5.74) is 4.72. The second-order valence-electron chi connectivity index (χ2n) is 4.89. The molecule has 0 aliphatic heterocycles. The van der Waals surface area contributed by atoms with Gasteiger partial charge in [0.25, 0.3) is 0 Å². The minimum Gasteiger partial charge on any atom is -0.486 e. The van der Waals surface area contributed by atoms with E-state index in [1.165, 1.54) is 0 Å². The Morgan fingerprint density at radius 2 is 1.83 bits per heavy atom. The number of para-hydroxylation sites is 1. The van der Waals surface area contributed by atoms with Crippen LogP contribution in [0.15, 0.2) is 42.5 Å². The van der Waals surface area contributed by atoms with Crippen LogP contribution in [0.2, 0.25) is 5.02 Å². The molecular weight excluding hydrogens is 328 g/mol. The second-order valence-corrected chi connectivity index (χ2v) is 5.30. The fraction of sp³-hybridized carbons (Fsp3) is 0.235. The number of nitrogens with two attached hydrogens (primary N) is 2. The van der Waals surface area contributed by atoms with Gasteiger partial charge < -0.3 is 9.75 Å². The quantitative estimate of drug-likeness (QED) is 0.322. The zero-order valence-corrected chi connectivity index (χ0v) is 14.6. The van der Waals surface area contributed by atoms with E-state index in [9.17, 15) is 0 Å². The molecule has 0 spiro atoms. The van der Waals surface area contributed by atoms with Gasteiger partial charge in [0.1, 0.15) is 12.4 Å². The number of carbonyl (C=O) groups excluding carboxylic acids is 1. The van der Waals surface area contributed by atoms with Crippen molar-refractivity contribution in [1.82, 2.24) is 5.43 Å². The average Bonchev–Trinajstić information content (AvgIpc) is 2.60. The molecule has 0 atom stereocenters. The Kier molecular flexibility index (Phi) is 8.64. The summed E-state index contributed by atoms with van der Waals surface area (Å²) in [4.78, 5) is 8.94. The van der Waals surface area contributed by atoms with Crippen LogP contribution in [0, 0.1) is 0 Å². The molecular formula is C17H23ClN4O2. The first-order valence-electron chi connectivity index (χ1n) is 7.41. The molecule has 7 heteroatoms. The Morgan fingerprint density at radius 3 is 2.38 bits per heavy atom. The Morgan fingerprint density at radius 1 is 1.21 bits per heavy atom. The first kappa shape index (κ1) is 19.8. The minimum absolute atomic E-state index is 0.403. The van der Waals surface area contributed by atoms with Gasteiger partial charge in [-0.3, -0.25) is 10.2 Å². The SMILES string of the molecule is CCc1cccc(N(C)N)c1OCc1ccccc1Cl.NNC=O. The molecule has 6 nitrogen and oxygen atoms in total. The number of rotatable bonds is 6. The van der Waals surface area contributed by atoms with E-state index in [0.717, 1.165) is 29.0 Å². The molecule has 0 saturated carbocycles. The number of nitrogens with one attached hydrogen (secondary N) is 1. The first-order valence-corrected chi connectivity index (χ1v) is 7.79. The molecule has 0 aliphatic carbocycles. The summed E-state index contributed by atoms with van der Waals surface area (Å²) in [5, 5.41) is 2.28. The van der Waals surface area contributed by atoms with E-state index in [2.05, 4.69) is 18.8 Å². The van der Waals surface area contributed by atoms with Crippen molar-refractivity contribution in [2.75, 3.05) is 12.1 Å². The highest BCUT2D eigenvalue weighted by Crippen LogP contribution is 2.32. The van der Waals surface area contributed by atoms with E-state index in [1.807, 2.05) is 36.4 Å². The van der Waals surface area contributed by atoms with Crippen LogP contribution in [0.5, 0.6) is 5.75 Å². The number of anilines is 1. The van der Waals surface area contributed by atoms with E-state index in [0.29, 0.717) is 18.0 Å². The van der Waals surface area contributed by atoms with Gasteiger partial charge in [0.2, 0.25) is 6.41 Å². The van der Waals surface area contributed by atoms with Gasteiger partial charge in [0.15, 0.2) is 0 Å². The van der Waals surface area contributed by atoms with Gasteiger partial charge in [-0.15, -0.1) is 0 Å². The maximum absolute atomic E-state index is 8.94. The topological polar surface area (TPSA) is 93.6 Å². The van der Waals surface area contributed by atoms with E-state index in [1.54, 1.807) is 17.5 Å². The highest BCUT2D eigenvalue weighted by atomic mass is 35.5. The van der Waals surface area contributed by atoms with Crippen LogP contribution in [0.3, 0.4) is 0 Å². The number of hydrazine groups is 2. The minimum atomic E-state index is 0.403. The molecule has 0 radical (unpaired) electrons. The number of hydrogen-bond acceptors (Lipinski definition) is 5. The molecule has 24 heavy (non-hydrogen) atoms. The predicted octanol–water partition coefficient (Wildman–Crippen LogP) is 2.40. The third-order valence-corrected chi connectivity index (χ3v) is 3.60. The van der Waals surface area contributed by atoms with Crippen LogP contribution in [0.25, 0.3) is 0 Å². The molecule has 1 amide bonds. The van der Waals surface area contributed by atoms with Gasteiger partial charge in [-0.25, -0.2) is 11.7 Å². The highest BCUT2D eigenvalue weighted by molar-refractivity contribution is 6.31. The predicted molar refractivity (Wildman–Crippen MR) is 97.6 cm³/mol. The van der Waals surface area contributed by atoms with Gasteiger partial charge >= 0.3 is 0 Å². The van der Waals surface area contributed by atoms with Gasteiger partial charge in [0.05, 0.1) is 5.69 Å². The lowest BCUT2D eigenvalue weighted by molar-refractivity contribution is -0.109. The lowest BCUT2D eigenvalue weighted by atomic mass is 10.1. The number of hydrogen-bond donors (Lipinski definition) is 3. The molecule has 2 rings (SSSR count). The maximum Gasteiger partial charge on any atom is 0.221 e. The van der Waals surface area contributed by atoms with Gasteiger partial charge in [-0.05, 0) is 24.1 Å². The first-order chi connectivity index (χ1) is 11.5. The van der Waals surface area contributed by atoms with E-state index < -0.39 is 0 Å². The zero-order chi connectivity index (χ0) is 17.9. The van der Waals surface area contributed by atoms with Crippen molar-refractivity contribution in [3.8, 4) is 5.75 Å². The van der Waals surface area contributed by atoms with Crippen molar-refractivity contribution >= 4 is 23.7 Å². The van der Waals surface area contributed by atoms with Crippen molar-refractivity contribution < 1.29 is 9.53 Å². The van der Waals surface area contributed by atoms with E-state index in [-0.39, 0.29) is 0 Å². The number of carbonyl (C=O) groups is 1. The molecule has 0 saturated heterocycles. The summed E-state index contributed by atoms with van der Waals surface area (Å²) >= 11 is 6.15. The van der Waals surface area contributed by atoms with Gasteiger partial charge in [-0.2, -0.15) is 0 Å². The lowest BCUT2D eigenvalue weighted by Crippen LogP contribution is -2.26. The fourth-order valence-corrected chi connectivity index (χ4v) is 2.25. The molecule has 0 aliphatic rings. The Balaban J connectivity index is 0.000000648. The summed E-state index contributed by atoms with van der Waals surface area (Å²) in [7, 11) is 1.80. The molecule has 0 fully saturated rings. The summed E-state index contributed by atoms with van der Waals surface area (Å²) in [6.45, 7) is 2.52. The molecule has 0 unspecified atom stereocenters. The monoisotopic (exact) mass is 350 g/mol. The lowest BCUT2D eigenvalue weighted by Gasteiger charge is -2.20. The number of ether oxygens (including phenoxy) is 1. The molecule has 5 N–H and O–H groups in total. The number of nitrogens with zero attached hydrogens (tertiary/aromatic N) is 1. The van der Waals surface area contributed by atoms with Crippen LogP contribution in [0.1, 0.15) is 18.1 Å². The summed E-state index contributed by atoms with van der Waals surface area (Å²) < 4.78 is 5.98. The Bertz CT molecular complexity index is 650. The van der Waals surface area contributed by atoms with Crippen LogP contribution >= 0.6 is 11.6 Å². The van der Waals surface area contributed by atoms with Crippen molar-refractivity contribution in [3.05, 3.63) is 58.6 Å². The zero-order valence-electron chi connectivity index (χ0n) is 13.8. The molecule has 0 heterocycles. The van der Waals surface area contributed by atoms with Gasteiger partial charge in [-0.1, -0.05) is 48.9 Å². The third kappa shape index (κ3) is 5.73. The Hall–Kier alpha value is -2.28. The second kappa shape index (κ2) is 10.5. The maximum atomic E-state index is 8.94. The summed E-state index contributed by atoms with van der Waals surface area (Å²) in [5.74, 6) is 11.1. The Labute approximate surface area is 147 Å². The number of aryl methyl sites for hydroxylation is 1. The van der Waals surface area contributed by atoms with Crippen molar-refractivity contribution in [3.63, 3.8) is 0 Å². The van der Waals surface area contributed by atoms with Crippen LogP contribution in [0.4, 0.5) is 5.69 Å². The number of benzene rings is 2. The molecule has 130 valence electrons. The smallest absolute Gasteiger partial charge is 0.221 e. The molecule has 2 aromatic rings. The molecule has 0 bridgehead atoms. The normalized spacial score (nSPS) is 9.54. The summed E-state index contributed by atoms with van der Waals surface area (Å²) in [6.07, 6.45) is 1.29. The van der Waals surface area contributed by atoms with Crippen LogP contribution < -0.4 is 26.9 Å². The fourth-order valence-electron chi connectivity index (χ4n) is 2.06. The van der Waals surface area contributed by atoms with Crippen LogP contribution in [-0.2, 0) is 17.8 Å². The molecule has 0 aromatic heterocycles. The average molecular weight is 351 g/mol. The standard InChI is InChI=1S/C16H19ClN2O.CH4N2O/c1-3-12-8-6-10-15(19(2)18)16(12)20-11-13-7-4-5-9-14(13)17;2-3-1-4/h4-10H,3,11,18H2,1-2H3;1H,2H2,(H,3,4). The van der Waals surface area contributed by atoms with Crippen molar-refractivity contribution in [1.29, 1.82) is 0 Å². The molecule has 2 aromatic carbocycles. The van der Waals surface area contributed by atoms with E-state index >= 15 is 0 Å². The van der Waals surface area contributed by atoms with Crippen molar-refractivity contribution in [2.24, 2.45) is 11.7 Å².